The summed E-state index contributed by atoms with van der Waals surface area (Å²) in [5.41, 5.74) is 1.08. The minimum atomic E-state index is 0.0130. The molecular formula is C13H18BrClO. The number of hydrogen-bond acceptors (Lipinski definition) is 1. The molecule has 90 valence electrons. The van der Waals surface area contributed by atoms with Gasteiger partial charge in [-0.1, -0.05) is 29.8 Å². The third-order valence-electron chi connectivity index (χ3n) is 2.29. The van der Waals surface area contributed by atoms with Crippen molar-refractivity contribution in [3.8, 4) is 5.75 Å². The van der Waals surface area contributed by atoms with Crippen LogP contribution in [0.1, 0.15) is 38.1 Å². The molecule has 0 amide bonds. The predicted molar refractivity (Wildman–Crippen MR) is 73.4 cm³/mol. The number of benzene rings is 1. The molecule has 3 heteroatoms. The SMILES string of the molecule is CCOc1ccc(Br)cc1C(Cl)CC(C)C. The molecule has 1 aromatic carbocycles. The minimum absolute atomic E-state index is 0.0130. The molecule has 16 heavy (non-hydrogen) atoms. The fourth-order valence-corrected chi connectivity index (χ4v) is 2.50. The lowest BCUT2D eigenvalue weighted by Crippen LogP contribution is -2.01. The maximum Gasteiger partial charge on any atom is 0.124 e. The van der Waals surface area contributed by atoms with E-state index >= 15 is 0 Å². The van der Waals surface area contributed by atoms with E-state index in [1.54, 1.807) is 0 Å². The molecule has 0 spiro atoms. The van der Waals surface area contributed by atoms with Gasteiger partial charge in [-0.05, 0) is 37.5 Å². The fourth-order valence-electron chi connectivity index (χ4n) is 1.59. The lowest BCUT2D eigenvalue weighted by molar-refractivity contribution is 0.335. The van der Waals surface area contributed by atoms with Gasteiger partial charge in [0.2, 0.25) is 0 Å². The highest BCUT2D eigenvalue weighted by Gasteiger charge is 2.15. The maximum absolute atomic E-state index is 6.41. The zero-order valence-corrected chi connectivity index (χ0v) is 12.3. The first kappa shape index (κ1) is 13.9. The van der Waals surface area contributed by atoms with E-state index in [-0.39, 0.29) is 5.38 Å². The van der Waals surface area contributed by atoms with Gasteiger partial charge in [-0.15, -0.1) is 11.6 Å². The molecule has 0 aliphatic heterocycles. The first-order chi connectivity index (χ1) is 7.54. The van der Waals surface area contributed by atoms with E-state index in [1.807, 2.05) is 25.1 Å². The Hall–Kier alpha value is -0.210. The van der Waals surface area contributed by atoms with Crippen molar-refractivity contribution in [2.45, 2.75) is 32.6 Å². The van der Waals surface area contributed by atoms with Gasteiger partial charge in [-0.3, -0.25) is 0 Å². The highest BCUT2D eigenvalue weighted by molar-refractivity contribution is 9.10. The van der Waals surface area contributed by atoms with Crippen LogP contribution in [0, 0.1) is 5.92 Å². The van der Waals surface area contributed by atoms with Crippen molar-refractivity contribution < 1.29 is 4.74 Å². The Morgan fingerprint density at radius 1 is 1.38 bits per heavy atom. The molecule has 1 aromatic rings. The zero-order chi connectivity index (χ0) is 12.1. The quantitative estimate of drug-likeness (QED) is 0.682. The van der Waals surface area contributed by atoms with Crippen LogP contribution >= 0.6 is 27.5 Å². The van der Waals surface area contributed by atoms with Crippen LogP contribution in [0.15, 0.2) is 22.7 Å². The lowest BCUT2D eigenvalue weighted by Gasteiger charge is -2.17. The Morgan fingerprint density at radius 2 is 2.06 bits per heavy atom. The second-order valence-electron chi connectivity index (χ2n) is 4.21. The standard InChI is InChI=1S/C13H18BrClO/c1-4-16-13-6-5-10(14)8-11(13)12(15)7-9(2)3/h5-6,8-9,12H,4,7H2,1-3H3. The summed E-state index contributed by atoms with van der Waals surface area (Å²) in [6.07, 6.45) is 0.956. The highest BCUT2D eigenvalue weighted by atomic mass is 79.9. The van der Waals surface area contributed by atoms with Crippen LogP contribution in [-0.4, -0.2) is 6.61 Å². The van der Waals surface area contributed by atoms with E-state index < -0.39 is 0 Å². The monoisotopic (exact) mass is 304 g/mol. The summed E-state index contributed by atoms with van der Waals surface area (Å²) in [6, 6.07) is 6.00. The van der Waals surface area contributed by atoms with Crippen LogP contribution in [-0.2, 0) is 0 Å². The largest absolute Gasteiger partial charge is 0.494 e. The summed E-state index contributed by atoms with van der Waals surface area (Å²) in [5, 5.41) is 0.0130. The number of alkyl halides is 1. The Bertz CT molecular complexity index is 339. The average Bonchev–Trinajstić information content (AvgIpc) is 2.20. The number of halogens is 2. The molecule has 0 radical (unpaired) electrons. The van der Waals surface area contributed by atoms with Gasteiger partial charge in [0.15, 0.2) is 0 Å². The smallest absolute Gasteiger partial charge is 0.124 e. The second kappa shape index (κ2) is 6.51. The summed E-state index contributed by atoms with van der Waals surface area (Å²) < 4.78 is 6.63. The molecule has 1 atom stereocenters. The molecule has 0 saturated heterocycles. The molecule has 0 N–H and O–H groups in total. The molecule has 0 aromatic heterocycles. The number of rotatable bonds is 5. The Morgan fingerprint density at radius 3 is 2.62 bits per heavy atom. The van der Waals surface area contributed by atoms with Gasteiger partial charge in [0.1, 0.15) is 5.75 Å². The lowest BCUT2D eigenvalue weighted by atomic mass is 10.0. The van der Waals surface area contributed by atoms with Crippen LogP contribution in [0.3, 0.4) is 0 Å². The van der Waals surface area contributed by atoms with Crippen molar-refractivity contribution in [3.63, 3.8) is 0 Å². The van der Waals surface area contributed by atoms with Crippen molar-refractivity contribution in [2.75, 3.05) is 6.61 Å². The molecule has 1 rings (SSSR count). The van der Waals surface area contributed by atoms with Gasteiger partial charge in [-0.2, -0.15) is 0 Å². The fraction of sp³-hybridized carbons (Fsp3) is 0.538. The van der Waals surface area contributed by atoms with Crippen molar-refractivity contribution >= 4 is 27.5 Å². The summed E-state index contributed by atoms with van der Waals surface area (Å²) in [6.45, 7) is 7.00. The predicted octanol–water partition coefficient (Wildman–Crippen LogP) is 5.17. The minimum Gasteiger partial charge on any atom is -0.494 e. The van der Waals surface area contributed by atoms with Gasteiger partial charge >= 0.3 is 0 Å². The molecule has 0 heterocycles. The van der Waals surface area contributed by atoms with Gasteiger partial charge in [0, 0.05) is 10.0 Å². The summed E-state index contributed by atoms with van der Waals surface area (Å²) in [4.78, 5) is 0. The average molecular weight is 306 g/mol. The Kier molecular flexibility index (Phi) is 5.63. The van der Waals surface area contributed by atoms with Gasteiger partial charge in [0.05, 0.1) is 12.0 Å². The highest BCUT2D eigenvalue weighted by Crippen LogP contribution is 2.36. The first-order valence-corrected chi connectivity index (χ1v) is 6.83. The Labute approximate surface area is 111 Å². The van der Waals surface area contributed by atoms with E-state index in [0.29, 0.717) is 12.5 Å². The molecule has 0 aliphatic rings. The number of ether oxygens (including phenoxy) is 1. The second-order valence-corrected chi connectivity index (χ2v) is 5.65. The van der Waals surface area contributed by atoms with E-state index in [1.165, 1.54) is 0 Å². The molecule has 0 fully saturated rings. The molecule has 1 unspecified atom stereocenters. The van der Waals surface area contributed by atoms with Gasteiger partial charge in [0.25, 0.3) is 0 Å². The zero-order valence-electron chi connectivity index (χ0n) is 9.97. The van der Waals surface area contributed by atoms with E-state index in [4.69, 9.17) is 16.3 Å². The summed E-state index contributed by atoms with van der Waals surface area (Å²) in [5.74, 6) is 1.47. The van der Waals surface area contributed by atoms with Gasteiger partial charge < -0.3 is 4.74 Å². The summed E-state index contributed by atoms with van der Waals surface area (Å²) in [7, 11) is 0. The topological polar surface area (TPSA) is 9.23 Å². The molecule has 0 saturated carbocycles. The van der Waals surface area contributed by atoms with E-state index in [0.717, 1.165) is 22.2 Å². The van der Waals surface area contributed by atoms with Crippen LogP contribution < -0.4 is 4.74 Å². The molecule has 0 aliphatic carbocycles. The third kappa shape index (κ3) is 3.99. The molecule has 0 bridgehead atoms. The van der Waals surface area contributed by atoms with E-state index in [9.17, 15) is 0 Å². The molecule has 1 nitrogen and oxygen atoms in total. The van der Waals surface area contributed by atoms with Crippen LogP contribution in [0.25, 0.3) is 0 Å². The Balaban J connectivity index is 2.94. The normalized spacial score (nSPS) is 12.9. The number of hydrogen-bond donors (Lipinski definition) is 0. The first-order valence-electron chi connectivity index (χ1n) is 5.61. The van der Waals surface area contributed by atoms with Gasteiger partial charge in [-0.25, -0.2) is 0 Å². The van der Waals surface area contributed by atoms with Crippen molar-refractivity contribution in [3.05, 3.63) is 28.2 Å². The van der Waals surface area contributed by atoms with Crippen LogP contribution in [0.2, 0.25) is 0 Å². The molecular weight excluding hydrogens is 287 g/mol. The van der Waals surface area contributed by atoms with Crippen LogP contribution in [0.4, 0.5) is 0 Å². The van der Waals surface area contributed by atoms with Crippen LogP contribution in [0.5, 0.6) is 5.75 Å². The maximum atomic E-state index is 6.41. The van der Waals surface area contributed by atoms with Crippen molar-refractivity contribution in [1.82, 2.24) is 0 Å². The van der Waals surface area contributed by atoms with E-state index in [2.05, 4.69) is 29.8 Å². The van der Waals surface area contributed by atoms with Crippen molar-refractivity contribution in [1.29, 1.82) is 0 Å². The third-order valence-corrected chi connectivity index (χ3v) is 3.19. The van der Waals surface area contributed by atoms with Crippen molar-refractivity contribution in [2.24, 2.45) is 5.92 Å². The summed E-state index contributed by atoms with van der Waals surface area (Å²) >= 11 is 9.88.